The van der Waals surface area contributed by atoms with Gasteiger partial charge < -0.3 is 55.0 Å². The quantitative estimate of drug-likeness (QED) is 0.0993. The Labute approximate surface area is 422 Å². The summed E-state index contributed by atoms with van der Waals surface area (Å²) >= 11 is 0. The molecular weight excluding hydrogens is 907 g/mol. The van der Waals surface area contributed by atoms with E-state index in [2.05, 4.69) is 5.32 Å². The van der Waals surface area contributed by atoms with Crippen molar-refractivity contribution in [3.63, 3.8) is 0 Å². The number of rotatable bonds is 8. The maximum absolute atomic E-state index is 14.5. The summed E-state index contributed by atoms with van der Waals surface area (Å²) in [6.07, 6.45) is 13.8. The second-order valence-electron chi connectivity index (χ2n) is 21.1. The lowest BCUT2D eigenvalue weighted by Gasteiger charge is -2.43. The van der Waals surface area contributed by atoms with Crippen LogP contribution in [0.5, 0.6) is 5.75 Å². The first kappa shape index (κ1) is 57.7. The average Bonchev–Trinajstić information content (AvgIpc) is 3.35. The lowest BCUT2D eigenvalue weighted by molar-refractivity contribution is -0.263. The van der Waals surface area contributed by atoms with Crippen LogP contribution in [-0.2, 0) is 38.1 Å². The molecule has 0 spiro atoms. The van der Waals surface area contributed by atoms with Crippen LogP contribution < -0.4 is 15.8 Å². The number of piperidine rings is 1. The molecule has 0 radical (unpaired) electrons. The number of amides is 1. The van der Waals surface area contributed by atoms with Gasteiger partial charge in [0.25, 0.3) is 11.7 Å². The van der Waals surface area contributed by atoms with Crippen molar-refractivity contribution < 1.29 is 58.2 Å². The molecule has 1 aromatic rings. The number of cyclic esters (lactones) is 1. The van der Waals surface area contributed by atoms with Crippen LogP contribution in [0.1, 0.15) is 125 Å². The number of methoxy groups -OCH3 is 3. The fourth-order valence-electron chi connectivity index (χ4n) is 10.9. The Morgan fingerprint density at radius 1 is 0.859 bits per heavy atom. The molecule has 1 aromatic carbocycles. The van der Waals surface area contributed by atoms with Crippen LogP contribution in [0.25, 0.3) is 0 Å². The fraction of sp³-hybridized carbons (Fsp3) is 0.679. The van der Waals surface area contributed by atoms with Gasteiger partial charge in [-0.2, -0.15) is 0 Å². The molecule has 15 heteroatoms. The van der Waals surface area contributed by atoms with E-state index in [1.807, 2.05) is 82.3 Å². The van der Waals surface area contributed by atoms with Gasteiger partial charge in [0, 0.05) is 50.4 Å². The van der Waals surface area contributed by atoms with E-state index in [1.54, 1.807) is 34.1 Å². The zero-order chi connectivity index (χ0) is 52.0. The lowest BCUT2D eigenvalue weighted by atomic mass is 9.78. The molecule has 71 heavy (non-hydrogen) atoms. The van der Waals surface area contributed by atoms with Gasteiger partial charge in [-0.1, -0.05) is 69.7 Å². The Hall–Kier alpha value is -4.22. The minimum atomic E-state index is -2.43. The molecule has 0 aromatic heterocycles. The van der Waals surface area contributed by atoms with E-state index in [-0.39, 0.29) is 48.6 Å². The van der Waals surface area contributed by atoms with Crippen molar-refractivity contribution in [3.8, 4) is 5.75 Å². The maximum Gasteiger partial charge on any atom is 0.329 e. The van der Waals surface area contributed by atoms with E-state index >= 15 is 0 Å². The first-order chi connectivity index (χ1) is 33.8. The van der Waals surface area contributed by atoms with Gasteiger partial charge in [0.15, 0.2) is 5.78 Å². The molecule has 6 N–H and O–H groups in total. The van der Waals surface area contributed by atoms with Gasteiger partial charge in [0.2, 0.25) is 5.79 Å². The molecule has 1 aliphatic carbocycles. The van der Waals surface area contributed by atoms with E-state index < -0.39 is 77.9 Å². The Balaban J connectivity index is 1.48. The Morgan fingerprint density at radius 3 is 2.28 bits per heavy atom. The highest BCUT2D eigenvalue weighted by molar-refractivity contribution is 6.39. The monoisotopic (exact) mass is 992 g/mol. The summed E-state index contributed by atoms with van der Waals surface area (Å²) < 4.78 is 29.4. The predicted octanol–water partition coefficient (Wildman–Crippen LogP) is 7.17. The molecular formula is C56H85N3O12. The minimum Gasteiger partial charge on any atom is -0.497 e. The molecule has 2 bridgehead atoms. The number of ether oxygens (including phenoxy) is 5. The first-order valence-corrected chi connectivity index (χ1v) is 26.1. The lowest BCUT2D eigenvalue weighted by Crippen LogP contribution is -2.61. The Kier molecular flexibility index (Phi) is 22.1. The van der Waals surface area contributed by atoms with Crippen LogP contribution in [0, 0.1) is 29.6 Å². The van der Waals surface area contributed by atoms with Crippen LogP contribution >= 0.6 is 0 Å². The molecule has 7 unspecified atom stereocenters. The van der Waals surface area contributed by atoms with Gasteiger partial charge in [-0.3, -0.25) is 14.4 Å². The normalized spacial score (nSPS) is 37.8. The van der Waals surface area contributed by atoms with Crippen molar-refractivity contribution in [1.29, 1.82) is 0 Å². The van der Waals surface area contributed by atoms with Crippen molar-refractivity contribution >= 4 is 29.1 Å². The van der Waals surface area contributed by atoms with Crippen LogP contribution in [0.2, 0.25) is 0 Å². The third-order valence-electron chi connectivity index (χ3n) is 15.5. The van der Waals surface area contributed by atoms with Crippen LogP contribution in [-0.4, -0.2) is 132 Å². The van der Waals surface area contributed by atoms with Crippen LogP contribution in [0.15, 0.2) is 71.9 Å². The molecule has 3 aliphatic heterocycles. The maximum atomic E-state index is 14.5. The van der Waals surface area contributed by atoms with E-state index in [4.69, 9.17) is 29.4 Å². The van der Waals surface area contributed by atoms with Crippen molar-refractivity contribution in [2.45, 2.75) is 186 Å². The number of nitrogens with zero attached hydrogens (tertiary/aromatic N) is 1. The summed E-state index contributed by atoms with van der Waals surface area (Å²) in [6, 6.07) is 5.56. The molecule has 1 amide bonds. The number of ketones is 2. The van der Waals surface area contributed by atoms with Gasteiger partial charge in [-0.15, -0.1) is 0 Å². The minimum absolute atomic E-state index is 0.0272. The van der Waals surface area contributed by atoms with Crippen molar-refractivity contribution in [1.82, 2.24) is 4.90 Å². The van der Waals surface area contributed by atoms with Crippen LogP contribution in [0.4, 0.5) is 5.69 Å². The number of anilines is 1. The standard InChI is InChI=1S/C56H85N3O12/c1-34-15-11-10-12-16-35(2)45(58-42-21-24-43(67-7)25-22-42)33-44-23-18-39(6)56(66,71-44)53(63)54(64)59-28-14-13-17-46(59)55(65)70-48(36(3)30-40-19-26-47(60)49(32-40)68-8)27-20-41(57)31-38(5)51(62)52(69-9)50(61)37(4)29-34/h10-12,15-16,21-22,24-25,31,34,36-37,39-41,44-49,51-52,58,60,62,66H,13-14,17-20,23,26-30,32-33,57H2,1-9H3/b12-10+,15-11+,35-16+,38-31+/t34-,36-,37?,39?,40?,41+,44+,45-,46?,47-,48+,49?,51?,52+,56?/m1/s1. The SMILES string of the molecule is COc1ccc(N[C@@H]2C[C@@H]3CCC(C)C(O)(O3)C(=O)C(=O)N3CCCCC3C(=O)O[C@H]([C@H](C)CC3CC[C@@H](O)C(OC)C3)CC[C@H](N)/C=C(\C)C(O)[C@@H](OC)C(=O)C(C)C[C@H](C)/C=C/C=C/C=C/2C)cc1. The van der Waals surface area contributed by atoms with E-state index in [0.29, 0.717) is 82.0 Å². The molecule has 1 saturated carbocycles. The summed E-state index contributed by atoms with van der Waals surface area (Å²) in [5, 5.41) is 37.8. The van der Waals surface area contributed by atoms with Gasteiger partial charge >= 0.3 is 5.97 Å². The number of hydrogen-bond acceptors (Lipinski definition) is 14. The zero-order valence-electron chi connectivity index (χ0n) is 43.8. The second kappa shape index (κ2) is 27.2. The van der Waals surface area contributed by atoms with Gasteiger partial charge in [0.05, 0.1) is 25.4 Å². The number of aliphatic hydroxyl groups excluding tert-OH is 2. The Morgan fingerprint density at radius 2 is 1.59 bits per heavy atom. The molecule has 396 valence electrons. The first-order valence-electron chi connectivity index (χ1n) is 26.1. The number of allylic oxidation sites excluding steroid dienone is 5. The number of esters is 1. The van der Waals surface area contributed by atoms with Crippen LogP contribution in [0.3, 0.4) is 0 Å². The number of carbonyl (C=O) groups excluding carboxylic acids is 4. The number of benzene rings is 1. The number of hydrogen-bond donors (Lipinski definition) is 5. The molecule has 15 nitrogen and oxygen atoms in total. The molecule has 3 heterocycles. The third kappa shape index (κ3) is 15.6. The van der Waals surface area contributed by atoms with Crippen molar-refractivity contribution in [2.75, 3.05) is 33.2 Å². The fourth-order valence-corrected chi connectivity index (χ4v) is 10.9. The van der Waals surface area contributed by atoms with Gasteiger partial charge in [0.1, 0.15) is 30.1 Å². The molecule has 15 atom stereocenters. The summed E-state index contributed by atoms with van der Waals surface area (Å²) in [5.74, 6) is -5.73. The third-order valence-corrected chi connectivity index (χ3v) is 15.5. The number of aliphatic hydroxyl groups is 3. The number of nitrogens with two attached hydrogens (primary N) is 1. The summed E-state index contributed by atoms with van der Waals surface area (Å²) in [6.45, 7) is 11.4. The molecule has 5 rings (SSSR count). The highest BCUT2D eigenvalue weighted by Gasteiger charge is 2.53. The molecule has 3 fully saturated rings. The average molecular weight is 992 g/mol. The number of carbonyl (C=O) groups is 4. The summed E-state index contributed by atoms with van der Waals surface area (Å²) in [7, 11) is 4.61. The summed E-state index contributed by atoms with van der Waals surface area (Å²) in [5.41, 5.74) is 8.96. The highest BCUT2D eigenvalue weighted by Crippen LogP contribution is 2.38. The molecule has 4 aliphatic rings. The van der Waals surface area contributed by atoms with Gasteiger partial charge in [-0.05, 0) is 145 Å². The molecule has 2 saturated heterocycles. The smallest absolute Gasteiger partial charge is 0.329 e. The number of nitrogens with one attached hydrogen (secondary N) is 1. The Bertz CT molecular complexity index is 2040. The van der Waals surface area contributed by atoms with E-state index in [1.165, 1.54) is 12.0 Å². The van der Waals surface area contributed by atoms with E-state index in [9.17, 15) is 34.5 Å². The number of Topliss-reactive ketones (excluding diaryl/α,β-unsaturated/α-hetero) is 2. The zero-order valence-corrected chi connectivity index (χ0v) is 43.8. The van der Waals surface area contributed by atoms with Crippen molar-refractivity contribution in [3.05, 3.63) is 71.9 Å². The van der Waals surface area contributed by atoms with E-state index in [0.717, 1.165) is 17.7 Å². The predicted molar refractivity (Wildman–Crippen MR) is 273 cm³/mol. The summed E-state index contributed by atoms with van der Waals surface area (Å²) in [4.78, 5) is 58.5. The second-order valence-corrected chi connectivity index (χ2v) is 21.1. The number of fused-ring (bicyclic) bond motifs is 3. The largest absolute Gasteiger partial charge is 0.497 e. The van der Waals surface area contributed by atoms with Gasteiger partial charge in [-0.25, -0.2) is 4.79 Å². The van der Waals surface area contributed by atoms with Crippen molar-refractivity contribution in [2.24, 2.45) is 35.3 Å². The topological polar surface area (TPSA) is 216 Å². The highest BCUT2D eigenvalue weighted by atomic mass is 16.6.